The van der Waals surface area contributed by atoms with Gasteiger partial charge in [-0.15, -0.1) is 0 Å². The summed E-state index contributed by atoms with van der Waals surface area (Å²) in [4.78, 5) is 28.0. The van der Waals surface area contributed by atoms with E-state index in [1.54, 1.807) is 65.9 Å². The molecule has 43 heavy (non-hydrogen) atoms. The van der Waals surface area contributed by atoms with Crippen LogP contribution in [0.5, 0.6) is 28.7 Å². The number of methoxy groups -OCH3 is 5. The molecule has 1 aliphatic carbocycles. The van der Waals surface area contributed by atoms with Crippen LogP contribution in [0.1, 0.15) is 42.7 Å². The van der Waals surface area contributed by atoms with E-state index in [1.807, 2.05) is 37.3 Å². The van der Waals surface area contributed by atoms with Crippen molar-refractivity contribution in [3.63, 3.8) is 0 Å². The Hall–Kier alpha value is -4.92. The molecule has 1 aliphatic heterocycles. The Morgan fingerprint density at radius 3 is 1.91 bits per heavy atom. The van der Waals surface area contributed by atoms with Crippen LogP contribution in [0.25, 0.3) is 0 Å². The molecule has 5 rings (SSSR count). The molecule has 0 aromatic heterocycles. The molecule has 2 N–H and O–H groups in total. The third-order valence-corrected chi connectivity index (χ3v) is 8.04. The molecule has 2 aliphatic rings. The number of Topliss-reactive ketones (excluding diaryl/α,β-unsaturated/α-hetero) is 1. The van der Waals surface area contributed by atoms with Crippen molar-refractivity contribution < 1.29 is 33.3 Å². The van der Waals surface area contributed by atoms with Crippen molar-refractivity contribution in [1.29, 1.82) is 0 Å². The summed E-state index contributed by atoms with van der Waals surface area (Å²) >= 11 is 0. The van der Waals surface area contributed by atoms with Crippen molar-refractivity contribution in [3.05, 3.63) is 94.3 Å². The SMILES string of the molecule is COc1ccc(NC(=O)C2=C(C)NC3=C(C(=O)C[C@H](c4ccc(OC)c(OC)c4)C3)[C@H]2c2ccc(OC)c(OC)c2)cc1. The summed E-state index contributed by atoms with van der Waals surface area (Å²) in [5.74, 6) is 1.96. The largest absolute Gasteiger partial charge is 0.497 e. The molecule has 3 aromatic carbocycles. The molecule has 0 fully saturated rings. The van der Waals surface area contributed by atoms with Gasteiger partial charge in [-0.3, -0.25) is 9.59 Å². The summed E-state index contributed by atoms with van der Waals surface area (Å²) < 4.78 is 27.2. The van der Waals surface area contributed by atoms with Gasteiger partial charge in [-0.2, -0.15) is 0 Å². The molecule has 0 bridgehead atoms. The van der Waals surface area contributed by atoms with Crippen LogP contribution in [0, 0.1) is 0 Å². The van der Waals surface area contributed by atoms with Gasteiger partial charge in [0.2, 0.25) is 0 Å². The molecule has 1 amide bonds. The average molecular weight is 585 g/mol. The number of hydrogen-bond donors (Lipinski definition) is 2. The van der Waals surface area contributed by atoms with Crippen LogP contribution >= 0.6 is 0 Å². The molecule has 1 heterocycles. The molecule has 0 radical (unpaired) electrons. The second-order valence-electron chi connectivity index (χ2n) is 10.4. The predicted octanol–water partition coefficient (Wildman–Crippen LogP) is 5.73. The van der Waals surface area contributed by atoms with Gasteiger partial charge in [0.25, 0.3) is 5.91 Å². The molecular formula is C34H36N2O7. The number of rotatable bonds is 9. The number of ether oxygens (including phenoxy) is 5. The summed E-state index contributed by atoms with van der Waals surface area (Å²) in [6.45, 7) is 1.87. The summed E-state index contributed by atoms with van der Waals surface area (Å²) in [5, 5.41) is 6.44. The smallest absolute Gasteiger partial charge is 0.254 e. The lowest BCUT2D eigenvalue weighted by Gasteiger charge is -2.37. The van der Waals surface area contributed by atoms with Crippen molar-refractivity contribution in [1.82, 2.24) is 5.32 Å². The third kappa shape index (κ3) is 5.75. The van der Waals surface area contributed by atoms with E-state index in [-0.39, 0.29) is 24.0 Å². The van der Waals surface area contributed by atoms with E-state index < -0.39 is 5.92 Å². The fourth-order valence-electron chi connectivity index (χ4n) is 5.92. The minimum atomic E-state index is -0.617. The molecule has 0 saturated carbocycles. The van der Waals surface area contributed by atoms with Gasteiger partial charge in [0.05, 0.1) is 35.5 Å². The van der Waals surface area contributed by atoms with E-state index in [1.165, 1.54) is 0 Å². The maximum atomic E-state index is 14.1. The molecule has 2 atom stereocenters. The summed E-state index contributed by atoms with van der Waals surface area (Å²) in [5.41, 5.74) is 4.85. The molecule has 0 spiro atoms. The highest BCUT2D eigenvalue weighted by atomic mass is 16.5. The Bertz CT molecular complexity index is 1610. The van der Waals surface area contributed by atoms with Crippen molar-refractivity contribution in [3.8, 4) is 28.7 Å². The van der Waals surface area contributed by atoms with Gasteiger partial charge < -0.3 is 34.3 Å². The fraction of sp³-hybridized carbons (Fsp3) is 0.294. The van der Waals surface area contributed by atoms with Crippen LogP contribution < -0.4 is 34.3 Å². The van der Waals surface area contributed by atoms with Gasteiger partial charge in [0, 0.05) is 40.6 Å². The summed E-state index contributed by atoms with van der Waals surface area (Å²) in [7, 11) is 7.91. The highest BCUT2D eigenvalue weighted by Crippen LogP contribution is 2.47. The van der Waals surface area contributed by atoms with Gasteiger partial charge in [-0.1, -0.05) is 12.1 Å². The molecular weight excluding hydrogens is 548 g/mol. The molecule has 9 nitrogen and oxygen atoms in total. The number of hydrogen-bond acceptors (Lipinski definition) is 8. The first-order valence-electron chi connectivity index (χ1n) is 13.9. The van der Waals surface area contributed by atoms with E-state index in [4.69, 9.17) is 23.7 Å². The monoisotopic (exact) mass is 584 g/mol. The molecule has 224 valence electrons. The van der Waals surface area contributed by atoms with Crippen LogP contribution in [-0.4, -0.2) is 47.2 Å². The van der Waals surface area contributed by atoms with Gasteiger partial charge >= 0.3 is 0 Å². The molecule has 0 saturated heterocycles. The maximum absolute atomic E-state index is 14.1. The number of dihydropyridines is 1. The lowest BCUT2D eigenvalue weighted by atomic mass is 9.71. The molecule has 9 heteroatoms. The first-order valence-corrected chi connectivity index (χ1v) is 13.9. The van der Waals surface area contributed by atoms with Crippen molar-refractivity contribution >= 4 is 17.4 Å². The number of nitrogens with one attached hydrogen (secondary N) is 2. The second kappa shape index (κ2) is 12.5. The van der Waals surface area contributed by atoms with Crippen LogP contribution in [0.3, 0.4) is 0 Å². The second-order valence-corrected chi connectivity index (χ2v) is 10.4. The Kier molecular flexibility index (Phi) is 8.61. The zero-order valence-electron chi connectivity index (χ0n) is 25.2. The van der Waals surface area contributed by atoms with Gasteiger partial charge in [-0.25, -0.2) is 0 Å². The lowest BCUT2D eigenvalue weighted by Crippen LogP contribution is -2.37. The summed E-state index contributed by atoms with van der Waals surface area (Å²) in [6.07, 6.45) is 0.872. The number of amides is 1. The van der Waals surface area contributed by atoms with Gasteiger partial charge in [0.1, 0.15) is 5.75 Å². The number of allylic oxidation sites excluding steroid dienone is 3. The summed E-state index contributed by atoms with van der Waals surface area (Å²) in [6, 6.07) is 18.4. The molecule has 0 unspecified atom stereocenters. The number of ketones is 1. The number of carbonyl (C=O) groups excluding carboxylic acids is 2. The Balaban J connectivity index is 1.57. The highest BCUT2D eigenvalue weighted by molar-refractivity contribution is 6.10. The Labute approximate surface area is 251 Å². The number of anilines is 1. The third-order valence-electron chi connectivity index (χ3n) is 8.04. The van der Waals surface area contributed by atoms with Gasteiger partial charge in [-0.05, 0) is 78.9 Å². The number of benzene rings is 3. The van der Waals surface area contributed by atoms with Gasteiger partial charge in [0.15, 0.2) is 28.8 Å². The lowest BCUT2D eigenvalue weighted by molar-refractivity contribution is -0.116. The van der Waals surface area contributed by atoms with E-state index in [0.717, 1.165) is 16.8 Å². The first-order chi connectivity index (χ1) is 20.8. The zero-order chi connectivity index (χ0) is 30.7. The van der Waals surface area contributed by atoms with E-state index in [2.05, 4.69) is 10.6 Å². The van der Waals surface area contributed by atoms with Crippen LogP contribution in [0.15, 0.2) is 83.2 Å². The molecule has 3 aromatic rings. The highest BCUT2D eigenvalue weighted by Gasteiger charge is 2.41. The Morgan fingerprint density at radius 1 is 0.744 bits per heavy atom. The van der Waals surface area contributed by atoms with Crippen LogP contribution in [-0.2, 0) is 9.59 Å². The predicted molar refractivity (Wildman–Crippen MR) is 163 cm³/mol. The number of carbonyl (C=O) groups is 2. The van der Waals surface area contributed by atoms with Crippen LogP contribution in [0.2, 0.25) is 0 Å². The minimum Gasteiger partial charge on any atom is -0.497 e. The topological polar surface area (TPSA) is 104 Å². The quantitative estimate of drug-likeness (QED) is 0.329. The maximum Gasteiger partial charge on any atom is 0.254 e. The first kappa shape index (κ1) is 29.6. The Morgan fingerprint density at radius 2 is 1.33 bits per heavy atom. The van der Waals surface area contributed by atoms with Crippen molar-refractivity contribution in [2.75, 3.05) is 40.9 Å². The van der Waals surface area contributed by atoms with E-state index in [9.17, 15) is 9.59 Å². The average Bonchev–Trinajstić information content (AvgIpc) is 3.03. The van der Waals surface area contributed by atoms with E-state index >= 15 is 0 Å². The van der Waals surface area contributed by atoms with Crippen molar-refractivity contribution in [2.24, 2.45) is 0 Å². The zero-order valence-corrected chi connectivity index (χ0v) is 25.2. The minimum absolute atomic E-state index is 0.0319. The fourth-order valence-corrected chi connectivity index (χ4v) is 5.92. The van der Waals surface area contributed by atoms with Crippen LogP contribution in [0.4, 0.5) is 5.69 Å². The van der Waals surface area contributed by atoms with E-state index in [0.29, 0.717) is 57.7 Å². The van der Waals surface area contributed by atoms with Crippen molar-refractivity contribution in [2.45, 2.75) is 31.6 Å². The standard InChI is InChI=1S/C34H36N2O7/c1-19-31(34(38)36-23-9-11-24(39-2)12-10-23)32(21-8-14-28(41-4)30(18-21)43-6)33-25(35-19)15-22(16-26(33)37)20-7-13-27(40-3)29(17-20)42-5/h7-14,17-18,22,32,35H,15-16H2,1-6H3,(H,36,38)/t22-,32+/m1/s1. The normalized spacial score (nSPS) is 18.0.